The Morgan fingerprint density at radius 2 is 2.09 bits per heavy atom. The fraction of sp³-hybridized carbons (Fsp3) is 1.00. The summed E-state index contributed by atoms with van der Waals surface area (Å²) < 4.78 is 12.6. The van der Waals surface area contributed by atoms with E-state index < -0.39 is 18.5 Å². The number of nitrogens with zero attached hydrogens (tertiary/aromatic N) is 1. The van der Waals surface area contributed by atoms with Crippen molar-refractivity contribution in [3.8, 4) is 0 Å². The van der Waals surface area contributed by atoms with Gasteiger partial charge in [-0.2, -0.15) is 0 Å². The molecule has 1 aliphatic heterocycles. The van der Waals surface area contributed by atoms with Gasteiger partial charge in [0, 0.05) is 13.1 Å². The minimum absolute atomic E-state index is 0.235. The highest BCUT2D eigenvalue weighted by Crippen LogP contribution is 2.13. The monoisotopic (exact) mass is 163 g/mol. The standard InChI is InChI=1S/C7H14FNO2/c1-5(8)9-3-2-6(10)7(11)4-9/h5-7,10-11H,2-4H2,1H3/t5-,6?,7?/m0/s1. The zero-order valence-corrected chi connectivity index (χ0v) is 6.57. The van der Waals surface area contributed by atoms with E-state index in [0.717, 1.165) is 0 Å². The predicted octanol–water partition coefficient (Wildman–Crippen LogP) is -0.271. The highest BCUT2D eigenvalue weighted by atomic mass is 19.1. The molecule has 0 amide bonds. The highest BCUT2D eigenvalue weighted by Gasteiger charge is 2.27. The van der Waals surface area contributed by atoms with Crippen LogP contribution in [0.2, 0.25) is 0 Å². The first-order valence-corrected chi connectivity index (χ1v) is 3.85. The summed E-state index contributed by atoms with van der Waals surface area (Å²) in [6.07, 6.45) is -2.04. The molecule has 0 aromatic rings. The Morgan fingerprint density at radius 3 is 2.55 bits per heavy atom. The van der Waals surface area contributed by atoms with E-state index in [1.165, 1.54) is 11.8 Å². The van der Waals surface area contributed by atoms with Crippen LogP contribution in [0.3, 0.4) is 0 Å². The lowest BCUT2D eigenvalue weighted by Crippen LogP contribution is -2.48. The molecule has 3 atom stereocenters. The van der Waals surface area contributed by atoms with Crippen molar-refractivity contribution >= 4 is 0 Å². The van der Waals surface area contributed by atoms with Crippen molar-refractivity contribution in [1.82, 2.24) is 4.90 Å². The molecule has 0 aromatic heterocycles. The highest BCUT2D eigenvalue weighted by molar-refractivity contribution is 4.79. The summed E-state index contributed by atoms with van der Waals surface area (Å²) in [5, 5.41) is 18.2. The molecule has 1 saturated heterocycles. The topological polar surface area (TPSA) is 43.7 Å². The summed E-state index contributed by atoms with van der Waals surface area (Å²) in [4.78, 5) is 1.51. The molecule has 0 radical (unpaired) electrons. The van der Waals surface area contributed by atoms with E-state index in [2.05, 4.69) is 0 Å². The molecule has 0 aliphatic carbocycles. The molecule has 1 rings (SSSR count). The largest absolute Gasteiger partial charge is 0.390 e. The van der Waals surface area contributed by atoms with Gasteiger partial charge in [-0.15, -0.1) is 0 Å². The van der Waals surface area contributed by atoms with Crippen LogP contribution in [0.15, 0.2) is 0 Å². The van der Waals surface area contributed by atoms with Gasteiger partial charge in [-0.25, -0.2) is 4.39 Å². The molecule has 0 spiro atoms. The van der Waals surface area contributed by atoms with Gasteiger partial charge in [0.2, 0.25) is 0 Å². The van der Waals surface area contributed by atoms with Gasteiger partial charge < -0.3 is 10.2 Å². The van der Waals surface area contributed by atoms with Gasteiger partial charge in [0.1, 0.15) is 0 Å². The number of aliphatic hydroxyl groups is 2. The predicted molar refractivity (Wildman–Crippen MR) is 38.8 cm³/mol. The number of hydrogen-bond acceptors (Lipinski definition) is 3. The Bertz CT molecular complexity index is 132. The van der Waals surface area contributed by atoms with Crippen molar-refractivity contribution < 1.29 is 14.6 Å². The molecule has 0 saturated carbocycles. The number of β-amino-alcohol motifs (C(OH)–C–C–N with tert-alkyl or cyclic N) is 1. The molecule has 1 heterocycles. The third-order valence-electron chi connectivity index (χ3n) is 2.08. The first kappa shape index (κ1) is 8.90. The Morgan fingerprint density at radius 1 is 1.45 bits per heavy atom. The molecule has 2 unspecified atom stereocenters. The van der Waals surface area contributed by atoms with Crippen LogP contribution >= 0.6 is 0 Å². The summed E-state index contributed by atoms with van der Waals surface area (Å²) in [6.45, 7) is 2.19. The van der Waals surface area contributed by atoms with Crippen molar-refractivity contribution in [3.05, 3.63) is 0 Å². The number of rotatable bonds is 1. The molecule has 2 N–H and O–H groups in total. The average molecular weight is 163 g/mol. The van der Waals surface area contributed by atoms with Crippen LogP contribution in [-0.2, 0) is 0 Å². The molecule has 4 heteroatoms. The lowest BCUT2D eigenvalue weighted by molar-refractivity contribution is -0.0646. The van der Waals surface area contributed by atoms with E-state index in [1.807, 2.05) is 0 Å². The normalized spacial score (nSPS) is 37.1. The van der Waals surface area contributed by atoms with Crippen molar-refractivity contribution in [2.24, 2.45) is 0 Å². The number of halogens is 1. The molecular formula is C7H14FNO2. The fourth-order valence-corrected chi connectivity index (χ4v) is 1.27. The quantitative estimate of drug-likeness (QED) is 0.523. The maximum absolute atomic E-state index is 12.6. The molecule has 1 fully saturated rings. The second-order valence-electron chi connectivity index (χ2n) is 2.99. The van der Waals surface area contributed by atoms with E-state index in [9.17, 15) is 4.39 Å². The van der Waals surface area contributed by atoms with Crippen LogP contribution in [0.4, 0.5) is 4.39 Å². The Balaban J connectivity index is 2.40. The fourth-order valence-electron chi connectivity index (χ4n) is 1.27. The van der Waals surface area contributed by atoms with Crippen LogP contribution in [0, 0.1) is 0 Å². The van der Waals surface area contributed by atoms with Gasteiger partial charge >= 0.3 is 0 Å². The number of likely N-dealkylation sites (tertiary alicyclic amines) is 1. The van der Waals surface area contributed by atoms with E-state index in [-0.39, 0.29) is 6.54 Å². The molecule has 1 aliphatic rings. The zero-order valence-electron chi connectivity index (χ0n) is 6.57. The minimum Gasteiger partial charge on any atom is -0.390 e. The summed E-state index contributed by atoms with van der Waals surface area (Å²) in [6, 6.07) is 0. The third-order valence-corrected chi connectivity index (χ3v) is 2.08. The second-order valence-corrected chi connectivity index (χ2v) is 2.99. The third kappa shape index (κ3) is 2.12. The number of piperidine rings is 1. The summed E-state index contributed by atoms with van der Waals surface area (Å²) in [7, 11) is 0. The summed E-state index contributed by atoms with van der Waals surface area (Å²) in [5.41, 5.74) is 0. The number of alkyl halides is 1. The number of aliphatic hydroxyl groups excluding tert-OH is 2. The van der Waals surface area contributed by atoms with Crippen molar-refractivity contribution in [3.63, 3.8) is 0 Å². The van der Waals surface area contributed by atoms with Gasteiger partial charge in [-0.1, -0.05) is 0 Å². The van der Waals surface area contributed by atoms with Crippen LogP contribution in [-0.4, -0.2) is 46.7 Å². The molecule has 66 valence electrons. The van der Waals surface area contributed by atoms with Gasteiger partial charge in [0.15, 0.2) is 6.30 Å². The molecule has 0 bridgehead atoms. The Kier molecular flexibility index (Phi) is 2.81. The van der Waals surface area contributed by atoms with Gasteiger partial charge in [0.25, 0.3) is 0 Å². The lowest BCUT2D eigenvalue weighted by Gasteiger charge is -2.33. The Hall–Kier alpha value is -0.190. The molecule has 3 nitrogen and oxygen atoms in total. The average Bonchev–Trinajstić information content (AvgIpc) is 1.94. The first-order chi connectivity index (χ1) is 5.11. The Labute approximate surface area is 65.4 Å². The van der Waals surface area contributed by atoms with Crippen molar-refractivity contribution in [1.29, 1.82) is 0 Å². The van der Waals surface area contributed by atoms with Crippen LogP contribution < -0.4 is 0 Å². The smallest absolute Gasteiger partial charge is 0.150 e. The molecule has 11 heavy (non-hydrogen) atoms. The lowest BCUT2D eigenvalue weighted by atomic mass is 10.1. The van der Waals surface area contributed by atoms with Crippen LogP contribution in [0.5, 0.6) is 0 Å². The van der Waals surface area contributed by atoms with E-state index in [1.54, 1.807) is 0 Å². The maximum Gasteiger partial charge on any atom is 0.150 e. The van der Waals surface area contributed by atoms with Gasteiger partial charge in [-0.3, -0.25) is 4.90 Å². The summed E-state index contributed by atoms with van der Waals surface area (Å²) in [5.74, 6) is 0. The SMILES string of the molecule is C[C@@H](F)N1CCC(O)C(O)C1. The van der Waals surface area contributed by atoms with Crippen LogP contribution in [0.25, 0.3) is 0 Å². The van der Waals surface area contributed by atoms with E-state index >= 15 is 0 Å². The van der Waals surface area contributed by atoms with E-state index in [0.29, 0.717) is 13.0 Å². The molecular weight excluding hydrogens is 149 g/mol. The van der Waals surface area contributed by atoms with Crippen molar-refractivity contribution in [2.45, 2.75) is 31.8 Å². The van der Waals surface area contributed by atoms with E-state index in [4.69, 9.17) is 10.2 Å². The van der Waals surface area contributed by atoms with Gasteiger partial charge in [-0.05, 0) is 13.3 Å². The van der Waals surface area contributed by atoms with Crippen molar-refractivity contribution in [2.75, 3.05) is 13.1 Å². The maximum atomic E-state index is 12.6. The first-order valence-electron chi connectivity index (χ1n) is 3.85. The molecule has 0 aromatic carbocycles. The summed E-state index contributed by atoms with van der Waals surface area (Å²) >= 11 is 0. The minimum atomic E-state index is -1.03. The zero-order chi connectivity index (χ0) is 8.43. The van der Waals surface area contributed by atoms with Gasteiger partial charge in [0.05, 0.1) is 12.2 Å². The number of hydrogen-bond donors (Lipinski definition) is 2. The second kappa shape index (κ2) is 3.47. The van der Waals surface area contributed by atoms with Crippen LogP contribution in [0.1, 0.15) is 13.3 Å².